The molecule has 1 fully saturated rings. The molecule has 1 heterocycles. The smallest absolute Gasteiger partial charge is 0.317 e. The number of nitrogens with one attached hydrogen (secondary N) is 1. The number of carbonyl (C=O) groups excluding carboxylic acids is 1. The molecule has 1 aliphatic rings. The molecular formula is C11H22N4O3. The van der Waals surface area contributed by atoms with Crippen molar-refractivity contribution in [3.63, 3.8) is 0 Å². The Morgan fingerprint density at radius 1 is 1.22 bits per heavy atom. The highest BCUT2D eigenvalue weighted by Gasteiger charge is 2.19. The van der Waals surface area contributed by atoms with Gasteiger partial charge in [0.05, 0.1) is 6.54 Å². The zero-order valence-corrected chi connectivity index (χ0v) is 10.6. The Bertz CT molecular complexity index is 285. The van der Waals surface area contributed by atoms with Gasteiger partial charge in [-0.3, -0.25) is 9.69 Å². The van der Waals surface area contributed by atoms with Crippen molar-refractivity contribution in [2.75, 3.05) is 45.8 Å². The molecule has 18 heavy (non-hydrogen) atoms. The third-order valence-electron chi connectivity index (χ3n) is 2.89. The van der Waals surface area contributed by atoms with Crippen LogP contribution >= 0.6 is 0 Å². The first-order chi connectivity index (χ1) is 8.63. The maximum atomic E-state index is 11.8. The van der Waals surface area contributed by atoms with Crippen molar-refractivity contribution in [1.82, 2.24) is 15.1 Å². The van der Waals surface area contributed by atoms with Gasteiger partial charge in [-0.2, -0.15) is 0 Å². The van der Waals surface area contributed by atoms with Crippen molar-refractivity contribution in [2.24, 2.45) is 5.73 Å². The molecule has 0 bridgehead atoms. The molecular weight excluding hydrogens is 236 g/mol. The number of urea groups is 1. The topological polar surface area (TPSA) is 98.9 Å². The molecule has 104 valence electrons. The van der Waals surface area contributed by atoms with E-state index in [-0.39, 0.29) is 12.6 Å². The van der Waals surface area contributed by atoms with Crippen LogP contribution in [0.1, 0.15) is 12.8 Å². The van der Waals surface area contributed by atoms with Gasteiger partial charge < -0.3 is 21.1 Å². The minimum Gasteiger partial charge on any atom is -0.480 e. The lowest BCUT2D eigenvalue weighted by Crippen LogP contribution is -2.43. The second kappa shape index (κ2) is 7.88. The number of hydrogen-bond donors (Lipinski definition) is 3. The summed E-state index contributed by atoms with van der Waals surface area (Å²) in [4.78, 5) is 26.0. The van der Waals surface area contributed by atoms with E-state index >= 15 is 0 Å². The summed E-state index contributed by atoms with van der Waals surface area (Å²) >= 11 is 0. The van der Waals surface area contributed by atoms with Gasteiger partial charge >= 0.3 is 12.0 Å². The number of hydrogen-bond acceptors (Lipinski definition) is 4. The second-order valence-corrected chi connectivity index (χ2v) is 4.38. The largest absolute Gasteiger partial charge is 0.480 e. The minimum atomic E-state index is -0.823. The molecule has 0 atom stereocenters. The number of rotatable bonds is 5. The summed E-state index contributed by atoms with van der Waals surface area (Å²) in [6.45, 7) is 3.77. The van der Waals surface area contributed by atoms with E-state index in [1.54, 1.807) is 4.90 Å². The van der Waals surface area contributed by atoms with Crippen molar-refractivity contribution in [3.8, 4) is 0 Å². The van der Waals surface area contributed by atoms with Crippen molar-refractivity contribution in [2.45, 2.75) is 12.8 Å². The first kappa shape index (κ1) is 14.7. The third kappa shape index (κ3) is 5.33. The van der Waals surface area contributed by atoms with Crippen LogP contribution in [0, 0.1) is 0 Å². The SMILES string of the molecule is NCCCNC(=O)N1CCCN(CC(=O)O)CC1. The molecule has 0 radical (unpaired) electrons. The van der Waals surface area contributed by atoms with E-state index < -0.39 is 5.97 Å². The Labute approximate surface area is 107 Å². The molecule has 1 saturated heterocycles. The van der Waals surface area contributed by atoms with Gasteiger partial charge in [-0.15, -0.1) is 0 Å². The van der Waals surface area contributed by atoms with Crippen LogP contribution < -0.4 is 11.1 Å². The van der Waals surface area contributed by atoms with Crippen molar-refractivity contribution in [3.05, 3.63) is 0 Å². The lowest BCUT2D eigenvalue weighted by molar-refractivity contribution is -0.138. The molecule has 1 rings (SSSR count). The van der Waals surface area contributed by atoms with Gasteiger partial charge in [0.15, 0.2) is 0 Å². The number of nitrogens with zero attached hydrogens (tertiary/aromatic N) is 2. The maximum absolute atomic E-state index is 11.8. The fourth-order valence-electron chi connectivity index (χ4n) is 1.93. The summed E-state index contributed by atoms with van der Waals surface area (Å²) in [5.41, 5.74) is 5.36. The van der Waals surface area contributed by atoms with Crippen molar-refractivity contribution >= 4 is 12.0 Å². The zero-order chi connectivity index (χ0) is 13.4. The van der Waals surface area contributed by atoms with Crippen LogP contribution in [0.15, 0.2) is 0 Å². The molecule has 1 aliphatic heterocycles. The summed E-state index contributed by atoms with van der Waals surface area (Å²) < 4.78 is 0. The molecule has 0 aromatic heterocycles. The van der Waals surface area contributed by atoms with Gasteiger partial charge in [-0.05, 0) is 19.4 Å². The molecule has 2 amide bonds. The number of amides is 2. The first-order valence-corrected chi connectivity index (χ1v) is 6.30. The average Bonchev–Trinajstić information content (AvgIpc) is 2.54. The zero-order valence-electron chi connectivity index (χ0n) is 10.6. The summed E-state index contributed by atoms with van der Waals surface area (Å²) in [7, 11) is 0. The number of aliphatic carboxylic acids is 1. The summed E-state index contributed by atoms with van der Waals surface area (Å²) in [6.07, 6.45) is 1.57. The Kier molecular flexibility index (Phi) is 6.45. The van der Waals surface area contributed by atoms with Crippen LogP contribution in [0.2, 0.25) is 0 Å². The number of carbonyl (C=O) groups is 2. The first-order valence-electron chi connectivity index (χ1n) is 6.30. The normalized spacial score (nSPS) is 17.3. The van der Waals surface area contributed by atoms with Gasteiger partial charge in [-0.1, -0.05) is 0 Å². The fraction of sp³-hybridized carbons (Fsp3) is 0.818. The summed E-state index contributed by atoms with van der Waals surface area (Å²) in [5, 5.41) is 11.5. The molecule has 0 aromatic carbocycles. The van der Waals surface area contributed by atoms with Gasteiger partial charge in [0, 0.05) is 32.7 Å². The monoisotopic (exact) mass is 258 g/mol. The Morgan fingerprint density at radius 3 is 2.67 bits per heavy atom. The van der Waals surface area contributed by atoms with E-state index in [0.717, 1.165) is 19.4 Å². The number of carboxylic acid groups (broad SMARTS) is 1. The van der Waals surface area contributed by atoms with E-state index in [1.165, 1.54) is 0 Å². The highest BCUT2D eigenvalue weighted by atomic mass is 16.4. The number of carboxylic acids is 1. The standard InChI is InChI=1S/C11H22N4O3/c12-3-1-4-13-11(18)15-6-2-5-14(7-8-15)9-10(16)17/h1-9,12H2,(H,13,18)(H,16,17). The van der Waals surface area contributed by atoms with Crippen LogP contribution in [0.5, 0.6) is 0 Å². The van der Waals surface area contributed by atoms with Crippen LogP contribution in [0.4, 0.5) is 4.79 Å². The van der Waals surface area contributed by atoms with E-state index in [4.69, 9.17) is 10.8 Å². The average molecular weight is 258 g/mol. The van der Waals surface area contributed by atoms with Crippen LogP contribution in [-0.4, -0.2) is 72.7 Å². The molecule has 0 unspecified atom stereocenters. The number of nitrogens with two attached hydrogens (primary N) is 1. The summed E-state index contributed by atoms with van der Waals surface area (Å²) in [6, 6.07) is -0.0828. The molecule has 7 heteroatoms. The van der Waals surface area contributed by atoms with Gasteiger partial charge in [0.25, 0.3) is 0 Å². The maximum Gasteiger partial charge on any atom is 0.317 e. The van der Waals surface area contributed by atoms with Gasteiger partial charge in [0.1, 0.15) is 0 Å². The summed E-state index contributed by atoms with van der Waals surface area (Å²) in [5.74, 6) is -0.823. The Hall–Kier alpha value is -1.34. The van der Waals surface area contributed by atoms with Gasteiger partial charge in [-0.25, -0.2) is 4.79 Å². The van der Waals surface area contributed by atoms with E-state index in [2.05, 4.69) is 5.32 Å². The van der Waals surface area contributed by atoms with E-state index in [1.807, 2.05) is 4.90 Å². The molecule has 4 N–H and O–H groups in total. The van der Waals surface area contributed by atoms with Gasteiger partial charge in [0.2, 0.25) is 0 Å². The van der Waals surface area contributed by atoms with E-state index in [0.29, 0.717) is 32.7 Å². The predicted molar refractivity (Wildman–Crippen MR) is 67.3 cm³/mol. The highest BCUT2D eigenvalue weighted by molar-refractivity contribution is 5.74. The Morgan fingerprint density at radius 2 is 2.00 bits per heavy atom. The lowest BCUT2D eigenvalue weighted by Gasteiger charge is -2.21. The molecule has 7 nitrogen and oxygen atoms in total. The minimum absolute atomic E-state index is 0.0443. The van der Waals surface area contributed by atoms with Crippen LogP contribution in [0.25, 0.3) is 0 Å². The van der Waals surface area contributed by atoms with E-state index in [9.17, 15) is 9.59 Å². The second-order valence-electron chi connectivity index (χ2n) is 4.38. The quantitative estimate of drug-likeness (QED) is 0.557. The molecule has 0 saturated carbocycles. The Balaban J connectivity index is 2.32. The van der Waals surface area contributed by atoms with Crippen LogP contribution in [-0.2, 0) is 4.79 Å². The van der Waals surface area contributed by atoms with Crippen LogP contribution in [0.3, 0.4) is 0 Å². The molecule has 0 aliphatic carbocycles. The fourth-order valence-corrected chi connectivity index (χ4v) is 1.93. The highest BCUT2D eigenvalue weighted by Crippen LogP contribution is 2.03. The lowest BCUT2D eigenvalue weighted by atomic mass is 10.4. The van der Waals surface area contributed by atoms with Crippen molar-refractivity contribution < 1.29 is 14.7 Å². The van der Waals surface area contributed by atoms with Crippen molar-refractivity contribution in [1.29, 1.82) is 0 Å². The predicted octanol–water partition coefficient (Wildman–Crippen LogP) is -0.863. The third-order valence-corrected chi connectivity index (χ3v) is 2.89. The molecule has 0 spiro atoms. The molecule has 0 aromatic rings.